The number of nitrogens with zero attached hydrogens (tertiary/aromatic N) is 1. The molecule has 0 saturated carbocycles. The summed E-state index contributed by atoms with van der Waals surface area (Å²) in [4.78, 5) is 4.14. The first-order valence-corrected chi connectivity index (χ1v) is 8.42. The molecule has 0 bridgehead atoms. The minimum Gasteiger partial charge on any atom is -0.381 e. The minimum atomic E-state index is 0.720. The summed E-state index contributed by atoms with van der Waals surface area (Å²) in [6, 6.07) is 10.5. The molecule has 0 aliphatic carbocycles. The number of hydrogen-bond acceptors (Lipinski definition) is 2. The highest BCUT2D eigenvalue weighted by Gasteiger charge is 2.06. The van der Waals surface area contributed by atoms with Gasteiger partial charge in [0.2, 0.25) is 0 Å². The molecular formula is C23H26N2. The van der Waals surface area contributed by atoms with Crippen LogP contribution < -0.4 is 5.32 Å². The molecule has 1 N–H and O–H groups in total. The number of aromatic nitrogens is 1. The molecule has 1 heterocycles. The highest BCUT2D eigenvalue weighted by Crippen LogP contribution is 2.24. The first kappa shape index (κ1) is 18.5. The van der Waals surface area contributed by atoms with Crippen molar-refractivity contribution >= 4 is 11.3 Å². The summed E-state index contributed by atoms with van der Waals surface area (Å²) in [7, 11) is 0. The number of nitrogens with one attached hydrogen (secondary N) is 1. The van der Waals surface area contributed by atoms with Crippen molar-refractivity contribution in [2.75, 3.05) is 0 Å². The van der Waals surface area contributed by atoms with Gasteiger partial charge >= 0.3 is 0 Å². The second kappa shape index (κ2) is 8.84. The normalized spacial score (nSPS) is 12.0. The van der Waals surface area contributed by atoms with Crippen molar-refractivity contribution in [2.24, 2.45) is 0 Å². The van der Waals surface area contributed by atoms with E-state index in [1.165, 1.54) is 22.3 Å². The average Bonchev–Trinajstić information content (AvgIpc) is 2.64. The molecule has 2 rings (SSSR count). The van der Waals surface area contributed by atoms with E-state index in [0.717, 1.165) is 23.4 Å². The molecule has 0 fully saturated rings. The molecule has 1 aromatic carbocycles. The molecule has 0 unspecified atom stereocenters. The van der Waals surface area contributed by atoms with E-state index in [1.807, 2.05) is 18.3 Å². The lowest BCUT2D eigenvalue weighted by Crippen LogP contribution is -2.12. The second-order valence-corrected chi connectivity index (χ2v) is 6.13. The molecule has 1 aromatic heterocycles. The number of aryl methyl sites for hydroxylation is 1. The van der Waals surface area contributed by atoms with E-state index >= 15 is 0 Å². The maximum Gasteiger partial charge on any atom is 0.0416 e. The van der Waals surface area contributed by atoms with Crippen molar-refractivity contribution < 1.29 is 0 Å². The Bertz CT molecular complexity index is 811. The number of pyridine rings is 1. The number of benzene rings is 1. The van der Waals surface area contributed by atoms with E-state index in [9.17, 15) is 0 Å². The van der Waals surface area contributed by atoms with E-state index in [4.69, 9.17) is 0 Å². The van der Waals surface area contributed by atoms with Crippen LogP contribution in [0.3, 0.4) is 0 Å². The molecule has 0 aliphatic rings. The number of hydrogen-bond donors (Lipinski definition) is 1. The van der Waals surface area contributed by atoms with Crippen molar-refractivity contribution in [3.63, 3.8) is 0 Å². The average molecular weight is 330 g/mol. The summed E-state index contributed by atoms with van der Waals surface area (Å²) in [6.07, 6.45) is 9.49. The van der Waals surface area contributed by atoms with Crippen LogP contribution in [0.1, 0.15) is 36.1 Å². The zero-order chi connectivity index (χ0) is 18.2. The van der Waals surface area contributed by atoms with Gasteiger partial charge in [0.25, 0.3) is 0 Å². The van der Waals surface area contributed by atoms with Gasteiger partial charge in [0.1, 0.15) is 0 Å². The largest absolute Gasteiger partial charge is 0.381 e. The van der Waals surface area contributed by atoms with Gasteiger partial charge < -0.3 is 5.32 Å². The summed E-state index contributed by atoms with van der Waals surface area (Å²) in [5.74, 6) is 0. The van der Waals surface area contributed by atoms with Gasteiger partial charge in [-0.2, -0.15) is 0 Å². The molecule has 0 aliphatic heterocycles. The quantitative estimate of drug-likeness (QED) is 0.660. The molecule has 0 spiro atoms. The molecule has 0 radical (unpaired) electrons. The molecule has 0 atom stereocenters. The van der Waals surface area contributed by atoms with Crippen LogP contribution in [0.15, 0.2) is 79.7 Å². The van der Waals surface area contributed by atoms with Gasteiger partial charge in [0.05, 0.1) is 0 Å². The first-order valence-electron chi connectivity index (χ1n) is 8.42. The van der Waals surface area contributed by atoms with E-state index in [0.29, 0.717) is 0 Å². The van der Waals surface area contributed by atoms with Crippen molar-refractivity contribution in [3.8, 4) is 0 Å². The standard InChI is InChI=1S/C23H26N2/c1-6-7-9-17(2)19(4)22-11-12-23(18(3)14-22)20(5)25-16-21-10-8-13-24-15-21/h6-15,25H,1,5,16H2,2-4H3/b9-7-,19-17+. The Morgan fingerprint density at radius 1 is 1.24 bits per heavy atom. The second-order valence-electron chi connectivity index (χ2n) is 6.13. The van der Waals surface area contributed by atoms with Crippen LogP contribution in [0, 0.1) is 6.92 Å². The van der Waals surface area contributed by atoms with E-state index in [2.05, 4.69) is 74.6 Å². The fourth-order valence-corrected chi connectivity index (χ4v) is 2.61. The molecule has 128 valence electrons. The predicted molar refractivity (Wildman–Crippen MR) is 109 cm³/mol. The topological polar surface area (TPSA) is 24.9 Å². The summed E-state index contributed by atoms with van der Waals surface area (Å²) in [5.41, 5.74) is 8.15. The van der Waals surface area contributed by atoms with Crippen LogP contribution in [0.5, 0.6) is 0 Å². The molecular weight excluding hydrogens is 304 g/mol. The van der Waals surface area contributed by atoms with E-state index in [-0.39, 0.29) is 0 Å². The smallest absolute Gasteiger partial charge is 0.0416 e. The van der Waals surface area contributed by atoms with Crippen LogP contribution in [-0.2, 0) is 6.54 Å². The molecule has 0 saturated heterocycles. The van der Waals surface area contributed by atoms with Crippen molar-refractivity contribution in [2.45, 2.75) is 27.3 Å². The Labute approximate surface area is 151 Å². The summed E-state index contributed by atoms with van der Waals surface area (Å²) in [6.45, 7) is 15.0. The Morgan fingerprint density at radius 2 is 2.04 bits per heavy atom. The molecule has 25 heavy (non-hydrogen) atoms. The van der Waals surface area contributed by atoms with Gasteiger partial charge in [0, 0.05) is 24.6 Å². The fourth-order valence-electron chi connectivity index (χ4n) is 2.61. The highest BCUT2D eigenvalue weighted by atomic mass is 14.9. The zero-order valence-corrected chi connectivity index (χ0v) is 15.3. The van der Waals surface area contributed by atoms with Gasteiger partial charge in [-0.15, -0.1) is 0 Å². The lowest BCUT2D eigenvalue weighted by atomic mass is 9.96. The van der Waals surface area contributed by atoms with Gasteiger partial charge in [-0.05, 0) is 60.2 Å². The van der Waals surface area contributed by atoms with Crippen molar-refractivity contribution in [3.05, 3.63) is 102 Å². The molecule has 0 amide bonds. The molecule has 2 heteroatoms. The van der Waals surface area contributed by atoms with Gasteiger partial charge in [-0.1, -0.05) is 55.7 Å². The van der Waals surface area contributed by atoms with Crippen LogP contribution >= 0.6 is 0 Å². The molecule has 2 aromatic rings. The monoisotopic (exact) mass is 330 g/mol. The Morgan fingerprint density at radius 3 is 2.68 bits per heavy atom. The maximum absolute atomic E-state index is 4.19. The summed E-state index contributed by atoms with van der Waals surface area (Å²) < 4.78 is 0. The minimum absolute atomic E-state index is 0.720. The third kappa shape index (κ3) is 5.05. The Balaban J connectivity index is 2.14. The van der Waals surface area contributed by atoms with Crippen molar-refractivity contribution in [1.29, 1.82) is 0 Å². The van der Waals surface area contributed by atoms with E-state index in [1.54, 1.807) is 12.3 Å². The SMILES string of the molecule is C=C/C=C\C(C)=C(/C)c1ccc(C(=C)NCc2cccnc2)c(C)c1. The lowest BCUT2D eigenvalue weighted by Gasteiger charge is -2.14. The fraction of sp³-hybridized carbons (Fsp3) is 0.174. The van der Waals surface area contributed by atoms with Crippen LogP contribution in [-0.4, -0.2) is 4.98 Å². The third-order valence-corrected chi connectivity index (χ3v) is 4.29. The van der Waals surface area contributed by atoms with Crippen LogP contribution in [0.2, 0.25) is 0 Å². The zero-order valence-electron chi connectivity index (χ0n) is 15.3. The van der Waals surface area contributed by atoms with Gasteiger partial charge in [-0.25, -0.2) is 0 Å². The summed E-state index contributed by atoms with van der Waals surface area (Å²) in [5, 5.41) is 3.39. The Hall–Kier alpha value is -2.87. The number of allylic oxidation sites excluding steroid dienone is 5. The van der Waals surface area contributed by atoms with E-state index < -0.39 is 0 Å². The summed E-state index contributed by atoms with van der Waals surface area (Å²) >= 11 is 0. The lowest BCUT2D eigenvalue weighted by molar-refractivity contribution is 0.883. The first-order chi connectivity index (χ1) is 12.0. The van der Waals surface area contributed by atoms with Gasteiger partial charge in [0.15, 0.2) is 0 Å². The number of rotatable bonds is 7. The Kier molecular flexibility index (Phi) is 6.53. The van der Waals surface area contributed by atoms with Crippen LogP contribution in [0.25, 0.3) is 11.3 Å². The van der Waals surface area contributed by atoms with Crippen molar-refractivity contribution in [1.82, 2.24) is 10.3 Å². The highest BCUT2D eigenvalue weighted by molar-refractivity contribution is 5.73. The van der Waals surface area contributed by atoms with Crippen LogP contribution in [0.4, 0.5) is 0 Å². The van der Waals surface area contributed by atoms with Gasteiger partial charge in [-0.3, -0.25) is 4.98 Å². The molecule has 2 nitrogen and oxygen atoms in total. The maximum atomic E-state index is 4.19. The predicted octanol–water partition coefficient (Wildman–Crippen LogP) is 5.69. The third-order valence-electron chi connectivity index (χ3n) is 4.29.